The number of hydrogen-bond acceptors (Lipinski definition) is 4. The Hall–Kier alpha value is -3.64. The number of nitrogens with one attached hydrogen (secondary N) is 2. The van der Waals surface area contributed by atoms with E-state index in [1.807, 2.05) is 54.6 Å². The molecule has 3 aromatic rings. The van der Waals surface area contributed by atoms with Gasteiger partial charge >= 0.3 is 0 Å². The molecule has 3 aromatic carbocycles. The van der Waals surface area contributed by atoms with Gasteiger partial charge in [-0.3, -0.25) is 9.59 Å². The smallest absolute Gasteiger partial charge is 0.253 e. The van der Waals surface area contributed by atoms with Crippen molar-refractivity contribution in [1.82, 2.24) is 5.32 Å². The second-order valence-electron chi connectivity index (χ2n) is 7.66. The van der Waals surface area contributed by atoms with E-state index in [0.29, 0.717) is 24.3 Å². The Morgan fingerprint density at radius 1 is 0.969 bits per heavy atom. The minimum Gasteiger partial charge on any atom is -0.497 e. The number of carbonyl (C=O) groups excluding carboxylic acids is 2. The molecule has 1 aliphatic heterocycles. The summed E-state index contributed by atoms with van der Waals surface area (Å²) in [7, 11) is 1.62. The molecule has 1 heterocycles. The highest BCUT2D eigenvalue weighted by Gasteiger charge is 2.24. The van der Waals surface area contributed by atoms with Crippen LogP contribution in [0.4, 0.5) is 5.69 Å². The van der Waals surface area contributed by atoms with E-state index in [-0.39, 0.29) is 17.9 Å². The van der Waals surface area contributed by atoms with Crippen LogP contribution in [0.2, 0.25) is 0 Å². The minimum atomic E-state index is -0.426. The first-order valence-electron chi connectivity index (χ1n) is 10.7. The fourth-order valence-electron chi connectivity index (χ4n) is 3.76. The Bertz CT molecular complexity index is 1060. The van der Waals surface area contributed by atoms with E-state index >= 15 is 0 Å². The Morgan fingerprint density at radius 3 is 2.41 bits per heavy atom. The fraction of sp³-hybridized carbons (Fsp3) is 0.231. The van der Waals surface area contributed by atoms with Crippen molar-refractivity contribution >= 4 is 17.5 Å². The van der Waals surface area contributed by atoms with Gasteiger partial charge in [0.2, 0.25) is 0 Å². The summed E-state index contributed by atoms with van der Waals surface area (Å²) in [6.45, 7) is 0.604. The van der Waals surface area contributed by atoms with Gasteiger partial charge in [-0.05, 0) is 54.3 Å². The number of amides is 2. The Morgan fingerprint density at radius 2 is 1.72 bits per heavy atom. The molecule has 6 nitrogen and oxygen atoms in total. The molecule has 164 valence electrons. The zero-order valence-corrected chi connectivity index (χ0v) is 17.9. The molecule has 0 bridgehead atoms. The molecule has 32 heavy (non-hydrogen) atoms. The Kier molecular flexibility index (Phi) is 6.82. The van der Waals surface area contributed by atoms with E-state index in [2.05, 4.69) is 10.6 Å². The van der Waals surface area contributed by atoms with Crippen LogP contribution in [0, 0.1) is 0 Å². The molecule has 2 N–H and O–H groups in total. The molecule has 1 aliphatic rings. The molecular formula is C26H26N2O4. The highest BCUT2D eigenvalue weighted by molar-refractivity contribution is 5.98. The maximum atomic E-state index is 13.1. The zero-order chi connectivity index (χ0) is 22.3. The van der Waals surface area contributed by atoms with Gasteiger partial charge in [-0.25, -0.2) is 0 Å². The largest absolute Gasteiger partial charge is 0.497 e. The highest BCUT2D eigenvalue weighted by atomic mass is 16.5. The summed E-state index contributed by atoms with van der Waals surface area (Å²) < 4.78 is 10.7. The number of benzene rings is 3. The molecule has 4 rings (SSSR count). The third-order valence-electron chi connectivity index (χ3n) is 5.47. The van der Waals surface area contributed by atoms with Crippen molar-refractivity contribution in [3.63, 3.8) is 0 Å². The molecule has 2 unspecified atom stereocenters. The van der Waals surface area contributed by atoms with Crippen LogP contribution in [0.3, 0.4) is 0 Å². The van der Waals surface area contributed by atoms with E-state index in [4.69, 9.17) is 9.47 Å². The van der Waals surface area contributed by atoms with Gasteiger partial charge in [-0.2, -0.15) is 0 Å². The number of hydrogen-bond donors (Lipinski definition) is 2. The quantitative estimate of drug-likeness (QED) is 0.585. The van der Waals surface area contributed by atoms with Gasteiger partial charge in [-0.1, -0.05) is 48.5 Å². The third kappa shape index (κ3) is 5.15. The summed E-state index contributed by atoms with van der Waals surface area (Å²) in [6.07, 6.45) is 1.17. The number of methoxy groups -OCH3 is 1. The van der Waals surface area contributed by atoms with Crippen LogP contribution in [0.1, 0.15) is 40.4 Å². The van der Waals surface area contributed by atoms with Crippen molar-refractivity contribution in [1.29, 1.82) is 0 Å². The predicted octanol–water partition coefficient (Wildman–Crippen LogP) is 4.33. The second kappa shape index (κ2) is 10.1. The molecule has 0 spiro atoms. The number of anilines is 1. The van der Waals surface area contributed by atoms with E-state index in [1.165, 1.54) is 0 Å². The molecule has 0 radical (unpaired) electrons. The highest BCUT2D eigenvalue weighted by Crippen LogP contribution is 2.25. The van der Waals surface area contributed by atoms with E-state index in [0.717, 1.165) is 23.3 Å². The van der Waals surface area contributed by atoms with Crippen LogP contribution < -0.4 is 15.4 Å². The molecule has 0 aromatic heterocycles. The second-order valence-corrected chi connectivity index (χ2v) is 7.66. The van der Waals surface area contributed by atoms with E-state index < -0.39 is 6.10 Å². The molecule has 2 atom stereocenters. The summed E-state index contributed by atoms with van der Waals surface area (Å²) in [5.41, 5.74) is 2.94. The lowest BCUT2D eigenvalue weighted by Gasteiger charge is -2.20. The monoisotopic (exact) mass is 430 g/mol. The van der Waals surface area contributed by atoms with Gasteiger partial charge in [-0.15, -0.1) is 0 Å². The number of carbonyl (C=O) groups is 2. The maximum absolute atomic E-state index is 13.1. The summed E-state index contributed by atoms with van der Waals surface area (Å²) in [4.78, 5) is 25.5. The Balaban J connectivity index is 1.53. The Labute approximate surface area is 187 Å². The average molecular weight is 431 g/mol. The zero-order valence-electron chi connectivity index (χ0n) is 17.9. The first-order valence-corrected chi connectivity index (χ1v) is 10.7. The summed E-state index contributed by atoms with van der Waals surface area (Å²) in [5.74, 6) is 0.338. The lowest BCUT2D eigenvalue weighted by molar-refractivity contribution is -0.124. The van der Waals surface area contributed by atoms with Crippen molar-refractivity contribution in [3.05, 3.63) is 95.6 Å². The molecule has 1 saturated heterocycles. The van der Waals surface area contributed by atoms with Crippen LogP contribution >= 0.6 is 0 Å². The normalized spacial score (nSPS) is 16.2. The fourth-order valence-corrected chi connectivity index (χ4v) is 3.76. The van der Waals surface area contributed by atoms with E-state index in [9.17, 15) is 9.59 Å². The van der Waals surface area contributed by atoms with Gasteiger partial charge in [0, 0.05) is 17.9 Å². The van der Waals surface area contributed by atoms with Gasteiger partial charge in [0.25, 0.3) is 11.8 Å². The molecule has 2 amide bonds. The average Bonchev–Trinajstić information content (AvgIpc) is 3.39. The van der Waals surface area contributed by atoms with Crippen LogP contribution in [0.5, 0.6) is 5.75 Å². The first kappa shape index (κ1) is 21.6. The van der Waals surface area contributed by atoms with Gasteiger partial charge in [0.15, 0.2) is 0 Å². The third-order valence-corrected chi connectivity index (χ3v) is 5.47. The number of rotatable bonds is 7. The van der Waals surface area contributed by atoms with Crippen LogP contribution in [-0.4, -0.2) is 31.6 Å². The van der Waals surface area contributed by atoms with Gasteiger partial charge in [0.1, 0.15) is 11.9 Å². The topological polar surface area (TPSA) is 76.7 Å². The van der Waals surface area contributed by atoms with Crippen LogP contribution in [0.15, 0.2) is 78.9 Å². The standard InChI is InChI=1S/C26H26N2O4/c1-31-22-14-12-19(13-15-22)24(18-7-3-2-4-8-18)28-25(29)20-9-5-10-21(17-20)27-26(30)23-11-6-16-32-23/h2-5,7-10,12-15,17,23-24H,6,11,16H2,1H3,(H,27,30)(H,28,29). The van der Waals surface area contributed by atoms with Crippen molar-refractivity contribution in [2.45, 2.75) is 25.0 Å². The lowest BCUT2D eigenvalue weighted by Crippen LogP contribution is -2.30. The number of ether oxygens (including phenoxy) is 2. The van der Waals surface area contributed by atoms with Crippen molar-refractivity contribution < 1.29 is 19.1 Å². The first-order chi connectivity index (χ1) is 15.6. The predicted molar refractivity (Wildman–Crippen MR) is 123 cm³/mol. The molecule has 0 aliphatic carbocycles. The SMILES string of the molecule is COc1ccc(C(NC(=O)c2cccc(NC(=O)C3CCCO3)c2)c2ccccc2)cc1. The maximum Gasteiger partial charge on any atom is 0.253 e. The molecular weight excluding hydrogens is 404 g/mol. The lowest BCUT2D eigenvalue weighted by atomic mass is 9.98. The minimum absolute atomic E-state index is 0.180. The summed E-state index contributed by atoms with van der Waals surface area (Å²) in [6, 6.07) is 24.0. The van der Waals surface area contributed by atoms with Crippen molar-refractivity contribution in [2.75, 3.05) is 19.0 Å². The summed E-state index contributed by atoms with van der Waals surface area (Å²) >= 11 is 0. The van der Waals surface area contributed by atoms with Crippen LogP contribution in [-0.2, 0) is 9.53 Å². The van der Waals surface area contributed by atoms with Crippen LogP contribution in [0.25, 0.3) is 0 Å². The van der Waals surface area contributed by atoms with Gasteiger partial charge in [0.05, 0.1) is 13.2 Å². The molecule has 0 saturated carbocycles. The van der Waals surface area contributed by atoms with Crippen molar-refractivity contribution in [3.8, 4) is 5.75 Å². The van der Waals surface area contributed by atoms with Gasteiger partial charge < -0.3 is 20.1 Å². The summed E-state index contributed by atoms with van der Waals surface area (Å²) in [5, 5.41) is 5.97. The van der Waals surface area contributed by atoms with E-state index in [1.54, 1.807) is 31.4 Å². The molecule has 6 heteroatoms. The van der Waals surface area contributed by atoms with Crippen molar-refractivity contribution in [2.24, 2.45) is 0 Å². The molecule has 1 fully saturated rings.